The van der Waals surface area contributed by atoms with Crippen LogP contribution in [0.25, 0.3) is 11.4 Å². The van der Waals surface area contributed by atoms with Crippen LogP contribution in [0.4, 0.5) is 13.2 Å². The van der Waals surface area contributed by atoms with Crippen LogP contribution in [0.1, 0.15) is 11.1 Å². The lowest BCUT2D eigenvalue weighted by Gasteiger charge is -2.07. The summed E-state index contributed by atoms with van der Waals surface area (Å²) in [6.45, 7) is 0. The van der Waals surface area contributed by atoms with Crippen LogP contribution >= 0.6 is 34.4 Å². The van der Waals surface area contributed by atoms with Crippen LogP contribution in [0.5, 0.6) is 0 Å². The minimum absolute atomic E-state index is 0.325. The van der Waals surface area contributed by atoms with Crippen LogP contribution in [0.15, 0.2) is 53.7 Å². The summed E-state index contributed by atoms with van der Waals surface area (Å²) in [7, 11) is 0. The first-order chi connectivity index (χ1) is 11.4. The van der Waals surface area contributed by atoms with Crippen LogP contribution < -0.4 is 0 Å². The number of aromatic amines is 1. The Labute approximate surface area is 154 Å². The summed E-state index contributed by atoms with van der Waals surface area (Å²) in [5.74, 6) is 1.03. The molecule has 24 heavy (non-hydrogen) atoms. The lowest BCUT2D eigenvalue weighted by atomic mass is 10.1. The maximum absolute atomic E-state index is 12.8. The molecule has 0 bridgehead atoms. The van der Waals surface area contributed by atoms with Gasteiger partial charge in [-0.05, 0) is 52.4 Å². The molecule has 8 heteroatoms. The Hall–Kier alpha value is -1.55. The Kier molecular flexibility index (Phi) is 5.14. The molecule has 0 aliphatic heterocycles. The Bertz CT molecular complexity index is 848. The number of H-pyrrole nitrogens is 1. The van der Waals surface area contributed by atoms with Crippen molar-refractivity contribution in [1.82, 2.24) is 15.2 Å². The highest BCUT2D eigenvalue weighted by molar-refractivity contribution is 14.1. The zero-order chi connectivity index (χ0) is 17.2. The number of benzene rings is 2. The molecule has 0 saturated carbocycles. The van der Waals surface area contributed by atoms with Gasteiger partial charge in [0.25, 0.3) is 0 Å². The first-order valence-electron chi connectivity index (χ1n) is 6.89. The Morgan fingerprint density at radius 2 is 1.83 bits per heavy atom. The van der Waals surface area contributed by atoms with Crippen molar-refractivity contribution in [1.29, 1.82) is 0 Å². The molecule has 0 spiro atoms. The molecule has 3 rings (SSSR count). The molecule has 3 nitrogen and oxygen atoms in total. The van der Waals surface area contributed by atoms with E-state index in [9.17, 15) is 13.2 Å². The normalized spacial score (nSPS) is 11.7. The van der Waals surface area contributed by atoms with Gasteiger partial charge in [0.05, 0.1) is 5.56 Å². The topological polar surface area (TPSA) is 41.6 Å². The Morgan fingerprint density at radius 1 is 1.04 bits per heavy atom. The summed E-state index contributed by atoms with van der Waals surface area (Å²) in [5.41, 5.74) is 0.798. The van der Waals surface area contributed by atoms with E-state index in [4.69, 9.17) is 0 Å². The molecule has 0 amide bonds. The average Bonchev–Trinajstić information content (AvgIpc) is 3.01. The molecule has 0 unspecified atom stereocenters. The first-order valence-corrected chi connectivity index (χ1v) is 8.96. The van der Waals surface area contributed by atoms with Gasteiger partial charge < -0.3 is 4.98 Å². The standard InChI is InChI=1S/C16H11F3IN3S/c17-16(18,19)12-5-2-4-11(8-12)14-21-15(23-22-14)24-9-10-3-1-6-13(20)7-10/h1-8H,9H2,(H,21,22,23). The fourth-order valence-corrected chi connectivity index (χ4v) is 3.42. The van der Waals surface area contributed by atoms with Gasteiger partial charge in [-0.3, -0.25) is 0 Å². The number of rotatable bonds is 4. The van der Waals surface area contributed by atoms with Gasteiger partial charge in [0.2, 0.25) is 0 Å². The first kappa shape index (κ1) is 17.3. The van der Waals surface area contributed by atoms with Crippen molar-refractivity contribution in [3.8, 4) is 11.4 Å². The van der Waals surface area contributed by atoms with Gasteiger partial charge in [-0.2, -0.15) is 13.2 Å². The number of aromatic nitrogens is 3. The van der Waals surface area contributed by atoms with Gasteiger partial charge in [0.15, 0.2) is 11.0 Å². The average molecular weight is 461 g/mol. The van der Waals surface area contributed by atoms with Gasteiger partial charge in [-0.1, -0.05) is 36.0 Å². The molecule has 2 aromatic carbocycles. The Balaban J connectivity index is 1.74. The van der Waals surface area contributed by atoms with E-state index in [-0.39, 0.29) is 0 Å². The van der Waals surface area contributed by atoms with Gasteiger partial charge in [-0.25, -0.2) is 0 Å². The molecule has 1 aromatic heterocycles. The molecule has 3 aromatic rings. The number of hydrogen-bond acceptors (Lipinski definition) is 3. The zero-order valence-electron chi connectivity index (χ0n) is 12.1. The van der Waals surface area contributed by atoms with Gasteiger partial charge in [0.1, 0.15) is 0 Å². The molecule has 1 N–H and O–H groups in total. The molecule has 0 aliphatic carbocycles. The molecule has 0 saturated heterocycles. The minimum Gasteiger partial charge on any atom is -0.316 e. The predicted octanol–water partition coefficient (Wildman–Crippen LogP) is 5.39. The number of halogens is 4. The third-order valence-electron chi connectivity index (χ3n) is 3.19. The third kappa shape index (κ3) is 4.29. The molecule has 0 aliphatic rings. The summed E-state index contributed by atoms with van der Waals surface area (Å²) >= 11 is 3.70. The number of nitrogens with zero attached hydrogens (tertiary/aromatic N) is 2. The zero-order valence-corrected chi connectivity index (χ0v) is 15.1. The highest BCUT2D eigenvalue weighted by Crippen LogP contribution is 2.31. The maximum atomic E-state index is 12.8. The second-order valence-electron chi connectivity index (χ2n) is 4.98. The largest absolute Gasteiger partial charge is 0.416 e. The molecule has 1 heterocycles. The summed E-state index contributed by atoms with van der Waals surface area (Å²) in [6.07, 6.45) is -4.38. The van der Waals surface area contributed by atoms with E-state index in [1.54, 1.807) is 6.07 Å². The van der Waals surface area contributed by atoms with Gasteiger partial charge in [-0.15, -0.1) is 10.2 Å². The highest BCUT2D eigenvalue weighted by atomic mass is 127. The molecular weight excluding hydrogens is 450 g/mol. The van der Waals surface area contributed by atoms with Crippen molar-refractivity contribution in [2.75, 3.05) is 0 Å². The molecule has 0 radical (unpaired) electrons. The van der Waals surface area contributed by atoms with Gasteiger partial charge in [0, 0.05) is 14.9 Å². The lowest BCUT2D eigenvalue weighted by molar-refractivity contribution is -0.137. The SMILES string of the molecule is FC(F)(F)c1cccc(-c2nnc(SCc3cccc(I)c3)[nH]2)c1. The smallest absolute Gasteiger partial charge is 0.316 e. The minimum atomic E-state index is -4.38. The molecule has 0 atom stereocenters. The van der Waals surface area contributed by atoms with Crippen LogP contribution in [0.3, 0.4) is 0 Å². The maximum Gasteiger partial charge on any atom is 0.416 e. The fourth-order valence-electron chi connectivity index (χ4n) is 2.06. The number of thioether (sulfide) groups is 1. The van der Waals surface area contributed by atoms with Crippen molar-refractivity contribution in [2.45, 2.75) is 17.1 Å². The fraction of sp³-hybridized carbons (Fsp3) is 0.125. The molecule has 0 fully saturated rings. The van der Waals surface area contributed by atoms with Crippen LogP contribution in [-0.4, -0.2) is 15.2 Å². The summed E-state index contributed by atoms with van der Waals surface area (Å²) in [4.78, 5) is 2.96. The van der Waals surface area contributed by atoms with Crippen molar-refractivity contribution in [3.05, 3.63) is 63.2 Å². The number of alkyl halides is 3. The van der Waals surface area contributed by atoms with Crippen LogP contribution in [0.2, 0.25) is 0 Å². The summed E-state index contributed by atoms with van der Waals surface area (Å²) < 4.78 is 39.5. The Morgan fingerprint density at radius 3 is 2.58 bits per heavy atom. The summed E-state index contributed by atoms with van der Waals surface area (Å²) in [6, 6.07) is 13.1. The van der Waals surface area contributed by atoms with Crippen LogP contribution in [0, 0.1) is 3.57 Å². The monoisotopic (exact) mass is 461 g/mol. The van der Waals surface area contributed by atoms with E-state index in [0.29, 0.717) is 22.3 Å². The number of nitrogens with one attached hydrogen (secondary N) is 1. The van der Waals surface area contributed by atoms with E-state index in [1.807, 2.05) is 18.2 Å². The predicted molar refractivity (Wildman–Crippen MR) is 95.5 cm³/mol. The van der Waals surface area contributed by atoms with E-state index < -0.39 is 11.7 Å². The van der Waals surface area contributed by atoms with Crippen LogP contribution in [-0.2, 0) is 11.9 Å². The molecule has 124 valence electrons. The van der Waals surface area contributed by atoms with E-state index in [0.717, 1.165) is 21.3 Å². The van der Waals surface area contributed by atoms with E-state index in [1.165, 1.54) is 17.8 Å². The second kappa shape index (κ2) is 7.14. The van der Waals surface area contributed by atoms with Crippen molar-refractivity contribution in [3.63, 3.8) is 0 Å². The van der Waals surface area contributed by atoms with Crippen molar-refractivity contribution >= 4 is 34.4 Å². The second-order valence-corrected chi connectivity index (χ2v) is 7.19. The third-order valence-corrected chi connectivity index (χ3v) is 4.80. The van der Waals surface area contributed by atoms with E-state index >= 15 is 0 Å². The van der Waals surface area contributed by atoms with Gasteiger partial charge >= 0.3 is 6.18 Å². The lowest BCUT2D eigenvalue weighted by Crippen LogP contribution is -2.04. The van der Waals surface area contributed by atoms with Crippen molar-refractivity contribution in [2.24, 2.45) is 0 Å². The van der Waals surface area contributed by atoms with Crippen molar-refractivity contribution < 1.29 is 13.2 Å². The summed E-state index contributed by atoms with van der Waals surface area (Å²) in [5, 5.41) is 8.51. The highest BCUT2D eigenvalue weighted by Gasteiger charge is 2.30. The number of hydrogen-bond donors (Lipinski definition) is 1. The van der Waals surface area contributed by atoms with E-state index in [2.05, 4.69) is 43.8 Å². The molecular formula is C16H11F3IN3S. The quantitative estimate of drug-likeness (QED) is 0.419.